The summed E-state index contributed by atoms with van der Waals surface area (Å²) in [4.78, 5) is 35.5. The summed E-state index contributed by atoms with van der Waals surface area (Å²) in [6.07, 6.45) is 53.0. The predicted octanol–water partition coefficient (Wildman–Crippen LogP) is 16.5. The van der Waals surface area contributed by atoms with E-state index in [1.807, 2.05) is 21.1 Å². The van der Waals surface area contributed by atoms with E-state index in [2.05, 4.69) is 26.0 Å². The lowest BCUT2D eigenvalue weighted by atomic mass is 10.0. The van der Waals surface area contributed by atoms with E-state index in [0.29, 0.717) is 23.9 Å². The normalized spacial score (nSPS) is 13.4. The molecule has 0 saturated heterocycles. The van der Waals surface area contributed by atoms with Crippen molar-refractivity contribution < 1.29 is 42.1 Å². The first-order valence-corrected chi connectivity index (χ1v) is 28.9. The number of esters is 2. The van der Waals surface area contributed by atoms with Gasteiger partial charge in [0.1, 0.15) is 19.8 Å². The Morgan fingerprint density at radius 3 is 1.20 bits per heavy atom. The Bertz CT molecular complexity index is 1100. The third-order valence-electron chi connectivity index (χ3n) is 12.3. The van der Waals surface area contributed by atoms with Crippen LogP contribution in [-0.2, 0) is 32.7 Å². The zero-order chi connectivity index (χ0) is 47.1. The van der Waals surface area contributed by atoms with Crippen molar-refractivity contribution in [2.45, 2.75) is 277 Å². The minimum Gasteiger partial charge on any atom is -0.462 e. The van der Waals surface area contributed by atoms with Gasteiger partial charge in [0.15, 0.2) is 6.10 Å². The van der Waals surface area contributed by atoms with E-state index in [1.165, 1.54) is 180 Å². The van der Waals surface area contributed by atoms with Gasteiger partial charge in [0.2, 0.25) is 0 Å². The van der Waals surface area contributed by atoms with Gasteiger partial charge in [0.25, 0.3) is 0 Å². The smallest absolute Gasteiger partial charge is 0.462 e. The number of carbonyl (C=O) groups is 2. The quantitative estimate of drug-likeness (QED) is 0.0211. The van der Waals surface area contributed by atoms with Gasteiger partial charge in [0, 0.05) is 12.8 Å². The number of unbranched alkanes of at least 4 members (excludes halogenated alkanes) is 35. The van der Waals surface area contributed by atoms with Crippen LogP contribution in [0.3, 0.4) is 0 Å². The molecule has 0 aliphatic carbocycles. The first-order chi connectivity index (χ1) is 31.0. The molecular weight excluding hydrogens is 822 g/mol. The van der Waals surface area contributed by atoms with Crippen LogP contribution in [0, 0.1) is 0 Å². The molecule has 0 heterocycles. The van der Waals surface area contributed by atoms with E-state index in [9.17, 15) is 19.0 Å². The van der Waals surface area contributed by atoms with E-state index in [-0.39, 0.29) is 25.6 Å². The van der Waals surface area contributed by atoms with Gasteiger partial charge >= 0.3 is 19.8 Å². The Hall–Kier alpha value is -1.25. The SMILES string of the molecule is CCCC/C=C\CCCCCCCC(=O)OC(COC(=O)CCCCCCCCCCCCCCCCCCCCCCCCCCCCCCC)COP(=O)(O)OCC[N+](C)(C)C. The molecule has 1 N–H and O–H groups in total. The van der Waals surface area contributed by atoms with Crippen molar-refractivity contribution in [3.05, 3.63) is 12.2 Å². The van der Waals surface area contributed by atoms with E-state index < -0.39 is 26.5 Å². The summed E-state index contributed by atoms with van der Waals surface area (Å²) in [5.74, 6) is -0.796. The summed E-state index contributed by atoms with van der Waals surface area (Å²) in [7, 11) is 1.48. The molecule has 0 amide bonds. The molecule has 9 nitrogen and oxygen atoms in total. The number of allylic oxidation sites excluding steroid dienone is 2. The summed E-state index contributed by atoms with van der Waals surface area (Å²) in [6.45, 7) is 4.42. The fourth-order valence-corrected chi connectivity index (χ4v) is 8.74. The number of carbonyl (C=O) groups excluding carboxylic acids is 2. The van der Waals surface area contributed by atoms with E-state index in [1.54, 1.807) is 0 Å². The van der Waals surface area contributed by atoms with Crippen LogP contribution in [-0.4, -0.2) is 74.9 Å². The molecule has 0 radical (unpaired) electrons. The average molecular weight is 929 g/mol. The topological polar surface area (TPSA) is 108 Å². The van der Waals surface area contributed by atoms with E-state index >= 15 is 0 Å². The maximum atomic E-state index is 12.7. The summed E-state index contributed by atoms with van der Waals surface area (Å²) in [6, 6.07) is 0. The van der Waals surface area contributed by atoms with Crippen LogP contribution in [0.2, 0.25) is 0 Å². The molecular formula is C54H107NO8P+. The maximum Gasteiger partial charge on any atom is 0.472 e. The van der Waals surface area contributed by atoms with Gasteiger partial charge in [-0.15, -0.1) is 0 Å². The highest BCUT2D eigenvalue weighted by molar-refractivity contribution is 7.47. The molecule has 64 heavy (non-hydrogen) atoms. The number of hydrogen-bond donors (Lipinski definition) is 1. The number of phosphoric acid groups is 1. The average Bonchev–Trinajstić information content (AvgIpc) is 3.25. The molecule has 0 spiro atoms. The molecule has 0 bridgehead atoms. The molecule has 0 aliphatic rings. The number of hydrogen-bond acceptors (Lipinski definition) is 7. The van der Waals surface area contributed by atoms with Crippen molar-refractivity contribution in [2.75, 3.05) is 47.5 Å². The molecule has 10 heteroatoms. The standard InChI is InChI=1S/C54H106NO8P/c1-6-8-10-12-14-16-18-19-20-21-22-23-24-25-26-27-28-29-30-31-32-33-34-35-37-38-40-42-44-46-53(56)60-50-52(51-62-64(58,59)61-49-48-55(3,4)5)63-54(57)47-45-43-41-39-36-17-15-13-11-9-7-2/h13,15,52H,6-12,14,16-51H2,1-5H3/p+1/b15-13-. The largest absolute Gasteiger partial charge is 0.472 e. The minimum atomic E-state index is -4.37. The lowest BCUT2D eigenvalue weighted by molar-refractivity contribution is -0.870. The first kappa shape index (κ1) is 62.8. The monoisotopic (exact) mass is 929 g/mol. The Morgan fingerprint density at radius 1 is 0.469 bits per heavy atom. The van der Waals surface area contributed by atoms with Crippen molar-refractivity contribution in [1.82, 2.24) is 0 Å². The second-order valence-electron chi connectivity index (χ2n) is 20.0. The van der Waals surface area contributed by atoms with Gasteiger partial charge in [-0.2, -0.15) is 0 Å². The van der Waals surface area contributed by atoms with Gasteiger partial charge in [-0.25, -0.2) is 4.57 Å². The molecule has 0 aromatic rings. The van der Waals surface area contributed by atoms with Gasteiger partial charge in [-0.05, 0) is 32.1 Å². The van der Waals surface area contributed by atoms with Crippen LogP contribution in [0.1, 0.15) is 271 Å². The number of ether oxygens (including phenoxy) is 2. The highest BCUT2D eigenvalue weighted by Crippen LogP contribution is 2.43. The highest BCUT2D eigenvalue weighted by Gasteiger charge is 2.27. The van der Waals surface area contributed by atoms with E-state index in [4.69, 9.17) is 18.5 Å². The van der Waals surface area contributed by atoms with Crippen LogP contribution in [0.15, 0.2) is 12.2 Å². The Balaban J connectivity index is 3.97. The van der Waals surface area contributed by atoms with Crippen molar-refractivity contribution in [2.24, 2.45) is 0 Å². The number of rotatable bonds is 51. The van der Waals surface area contributed by atoms with Gasteiger partial charge in [0.05, 0.1) is 27.7 Å². The number of quaternary nitrogens is 1. The molecule has 0 rings (SSSR count). The molecule has 2 unspecified atom stereocenters. The number of phosphoric ester groups is 1. The molecule has 2 atom stereocenters. The minimum absolute atomic E-state index is 0.0333. The summed E-state index contributed by atoms with van der Waals surface area (Å²) >= 11 is 0. The lowest BCUT2D eigenvalue weighted by Gasteiger charge is -2.24. The zero-order valence-electron chi connectivity index (χ0n) is 43.0. The van der Waals surface area contributed by atoms with Gasteiger partial charge in [-0.1, -0.05) is 238 Å². The number of nitrogens with zero attached hydrogens (tertiary/aromatic N) is 1. The van der Waals surface area contributed by atoms with Crippen molar-refractivity contribution in [1.29, 1.82) is 0 Å². The first-order valence-electron chi connectivity index (χ1n) is 27.4. The molecule has 0 aromatic carbocycles. The number of likely N-dealkylation sites (N-methyl/N-ethyl adjacent to an activating group) is 1. The summed E-state index contributed by atoms with van der Waals surface area (Å²) in [5, 5.41) is 0. The van der Waals surface area contributed by atoms with Crippen LogP contribution in [0.4, 0.5) is 0 Å². The molecule has 0 aliphatic heterocycles. The summed E-state index contributed by atoms with van der Waals surface area (Å²) < 4.78 is 34.4. The van der Waals surface area contributed by atoms with Crippen molar-refractivity contribution in [3.63, 3.8) is 0 Å². The Kier molecular flexibility index (Phi) is 45.9. The van der Waals surface area contributed by atoms with Crippen molar-refractivity contribution >= 4 is 19.8 Å². The highest BCUT2D eigenvalue weighted by atomic mass is 31.2. The predicted molar refractivity (Wildman–Crippen MR) is 271 cm³/mol. The Labute approximate surface area is 396 Å². The third kappa shape index (κ3) is 50.2. The second-order valence-corrected chi connectivity index (χ2v) is 21.4. The second kappa shape index (κ2) is 46.8. The maximum absolute atomic E-state index is 12.7. The summed E-state index contributed by atoms with van der Waals surface area (Å²) in [5.41, 5.74) is 0. The van der Waals surface area contributed by atoms with Gasteiger partial charge in [-0.3, -0.25) is 18.6 Å². The van der Waals surface area contributed by atoms with Crippen molar-refractivity contribution in [3.8, 4) is 0 Å². The molecule has 0 fully saturated rings. The third-order valence-corrected chi connectivity index (χ3v) is 13.3. The molecule has 380 valence electrons. The van der Waals surface area contributed by atoms with Crippen LogP contribution < -0.4 is 0 Å². The van der Waals surface area contributed by atoms with Gasteiger partial charge < -0.3 is 18.9 Å². The van der Waals surface area contributed by atoms with E-state index in [0.717, 1.165) is 57.8 Å². The fourth-order valence-electron chi connectivity index (χ4n) is 8.00. The lowest BCUT2D eigenvalue weighted by Crippen LogP contribution is -2.37. The van der Waals surface area contributed by atoms with Crippen LogP contribution >= 0.6 is 7.82 Å². The molecule has 0 saturated carbocycles. The zero-order valence-corrected chi connectivity index (χ0v) is 43.9. The van der Waals surface area contributed by atoms with Crippen LogP contribution in [0.25, 0.3) is 0 Å². The Morgan fingerprint density at radius 2 is 0.812 bits per heavy atom. The molecule has 0 aromatic heterocycles. The van der Waals surface area contributed by atoms with Crippen LogP contribution in [0.5, 0.6) is 0 Å². The fraction of sp³-hybridized carbons (Fsp3) is 0.926.